The highest BCUT2D eigenvalue weighted by Gasteiger charge is 2.45. The van der Waals surface area contributed by atoms with Crippen LogP contribution >= 0.6 is 11.3 Å². The van der Waals surface area contributed by atoms with Crippen LogP contribution in [0.5, 0.6) is 0 Å². The Balaban J connectivity index is 1.21. The summed E-state index contributed by atoms with van der Waals surface area (Å²) in [5.74, 6) is 0.382. The van der Waals surface area contributed by atoms with Crippen molar-refractivity contribution in [3.8, 4) is 0 Å². The fourth-order valence-corrected chi connectivity index (χ4v) is 14.7. The number of nitrogens with zero attached hydrogens (tertiary/aromatic N) is 2. The molecule has 0 bridgehead atoms. The van der Waals surface area contributed by atoms with E-state index in [1.165, 1.54) is 109 Å². The summed E-state index contributed by atoms with van der Waals surface area (Å²) in [6.45, 7) is 32.3. The Morgan fingerprint density at radius 2 is 1.07 bits per heavy atom. The number of hydrogen-bond donors (Lipinski definition) is 0. The average molecular weight is 903 g/mol. The molecule has 2 nitrogen and oxygen atoms in total. The van der Waals surface area contributed by atoms with Gasteiger partial charge in [0.2, 0.25) is 0 Å². The Hall–Kier alpha value is -4.54. The third-order valence-electron chi connectivity index (χ3n) is 18.3. The highest BCUT2D eigenvalue weighted by atomic mass is 32.1. The van der Waals surface area contributed by atoms with Gasteiger partial charge in [0.05, 0.1) is 12.1 Å². The molecule has 3 atom stereocenters. The van der Waals surface area contributed by atoms with Gasteiger partial charge in [-0.15, -0.1) is 11.3 Å². The number of rotatable bonds is 5. The van der Waals surface area contributed by atoms with E-state index in [4.69, 9.17) is 0 Å². The molecule has 0 radical (unpaired) electrons. The summed E-state index contributed by atoms with van der Waals surface area (Å²) in [6.07, 6.45) is 26.8. The predicted molar refractivity (Wildman–Crippen MR) is 294 cm³/mol. The zero-order chi connectivity index (χ0) is 47.2. The van der Waals surface area contributed by atoms with E-state index in [1.807, 2.05) is 0 Å². The molecule has 4 aromatic carbocycles. The third-order valence-corrected chi connectivity index (χ3v) is 19.5. The van der Waals surface area contributed by atoms with E-state index in [-0.39, 0.29) is 51.3 Å². The maximum absolute atomic E-state index is 2.73. The third kappa shape index (κ3) is 7.22. The quantitative estimate of drug-likeness (QED) is 0.159. The van der Waals surface area contributed by atoms with Crippen LogP contribution in [0.25, 0.3) is 10.1 Å². The Bertz CT molecular complexity index is 2910. The van der Waals surface area contributed by atoms with Gasteiger partial charge in [0.1, 0.15) is 0 Å². The lowest BCUT2D eigenvalue weighted by molar-refractivity contribution is 0.332. The monoisotopic (exact) mass is 903 g/mol. The van der Waals surface area contributed by atoms with E-state index in [0.29, 0.717) is 5.92 Å². The molecule has 0 N–H and O–H groups in total. The second kappa shape index (κ2) is 15.2. The number of thiophene rings is 1. The first-order chi connectivity index (χ1) is 31.6. The first-order valence-electron chi connectivity index (χ1n) is 25.9. The van der Waals surface area contributed by atoms with Gasteiger partial charge in [0.25, 0.3) is 6.71 Å². The molecule has 0 saturated carbocycles. The predicted octanol–water partition coefficient (Wildman–Crippen LogP) is 15.1. The second-order valence-electron chi connectivity index (χ2n) is 25.7. The zero-order valence-electron chi connectivity index (χ0n) is 43.0. The van der Waals surface area contributed by atoms with Gasteiger partial charge in [0, 0.05) is 27.4 Å². The van der Waals surface area contributed by atoms with Gasteiger partial charge < -0.3 is 9.80 Å². The van der Waals surface area contributed by atoms with Crippen LogP contribution in [0.3, 0.4) is 0 Å². The first kappa shape index (κ1) is 44.9. The molecular formula is C63H75BN2S. The number of hydrogen-bond acceptors (Lipinski definition) is 3. The van der Waals surface area contributed by atoms with Gasteiger partial charge >= 0.3 is 0 Å². The van der Waals surface area contributed by atoms with Crippen LogP contribution in [0.1, 0.15) is 168 Å². The fraction of sp³-hybridized carbons (Fsp3) is 0.460. The highest BCUT2D eigenvalue weighted by Crippen LogP contribution is 2.52. The Morgan fingerprint density at radius 1 is 0.522 bits per heavy atom. The maximum atomic E-state index is 2.73. The zero-order valence-corrected chi connectivity index (χ0v) is 43.8. The van der Waals surface area contributed by atoms with Crippen LogP contribution in [-0.2, 0) is 32.5 Å². The van der Waals surface area contributed by atoms with E-state index in [2.05, 4.69) is 226 Å². The van der Waals surface area contributed by atoms with E-state index < -0.39 is 0 Å². The lowest BCUT2D eigenvalue weighted by Crippen LogP contribution is -2.57. The molecule has 0 fully saturated rings. The van der Waals surface area contributed by atoms with Crippen molar-refractivity contribution >= 4 is 66.6 Å². The lowest BCUT2D eigenvalue weighted by atomic mass is 9.37. The average Bonchev–Trinajstić information content (AvgIpc) is 3.71. The molecule has 0 saturated heterocycles. The van der Waals surface area contributed by atoms with Crippen molar-refractivity contribution < 1.29 is 0 Å². The summed E-state index contributed by atoms with van der Waals surface area (Å²) < 4.78 is 2.88. The van der Waals surface area contributed by atoms with Crippen molar-refractivity contribution in [3.63, 3.8) is 0 Å². The molecule has 4 heteroatoms. The molecular weight excluding hydrogens is 828 g/mol. The number of fused-ring (bicyclic) bond motifs is 6. The van der Waals surface area contributed by atoms with E-state index in [1.54, 1.807) is 11.1 Å². The molecule has 0 amide bonds. The molecule has 5 aliphatic carbocycles. The molecule has 11 rings (SSSR count). The minimum atomic E-state index is 0.0654. The van der Waals surface area contributed by atoms with Crippen molar-refractivity contribution in [1.82, 2.24) is 0 Å². The van der Waals surface area contributed by atoms with E-state index >= 15 is 0 Å². The SMILES string of the molecule is CC1C=CC=CC1N(c1ccc2c(c1)N(c1ccc3c(c1)C(C)(C)CCC3(C)C)c1cc3c(cc1B2c1cc2cc4c(cc2s1)C(C)(C)CCC4(C)C)C(C)(C)CCC3(C)C)C1C=CC=CC1. The minimum absolute atomic E-state index is 0.0654. The van der Waals surface area contributed by atoms with Crippen molar-refractivity contribution in [3.05, 3.63) is 149 Å². The van der Waals surface area contributed by atoms with Gasteiger partial charge in [-0.2, -0.15) is 0 Å². The van der Waals surface area contributed by atoms with Crippen molar-refractivity contribution in [1.29, 1.82) is 0 Å². The molecule has 1 aromatic heterocycles. The highest BCUT2D eigenvalue weighted by molar-refractivity contribution is 7.32. The van der Waals surface area contributed by atoms with Gasteiger partial charge in [-0.3, -0.25) is 0 Å². The van der Waals surface area contributed by atoms with Crippen LogP contribution in [0.4, 0.5) is 22.7 Å². The summed E-state index contributed by atoms with van der Waals surface area (Å²) in [4.78, 5) is 5.46. The number of anilines is 4. The molecule has 0 spiro atoms. The van der Waals surface area contributed by atoms with Crippen molar-refractivity contribution in [2.24, 2.45) is 5.92 Å². The van der Waals surface area contributed by atoms with Crippen molar-refractivity contribution in [2.75, 3.05) is 9.80 Å². The summed E-state index contributed by atoms with van der Waals surface area (Å²) in [5.41, 5.74) is 18.0. The van der Waals surface area contributed by atoms with E-state index in [0.717, 1.165) is 6.42 Å². The molecule has 2 heterocycles. The van der Waals surface area contributed by atoms with Gasteiger partial charge in [-0.25, -0.2) is 0 Å². The number of benzene rings is 4. The Labute approximate surface area is 408 Å². The smallest absolute Gasteiger partial charge is 0.259 e. The first-order valence-corrected chi connectivity index (χ1v) is 26.7. The number of allylic oxidation sites excluding steroid dienone is 4. The Morgan fingerprint density at radius 3 is 1.70 bits per heavy atom. The van der Waals surface area contributed by atoms with Crippen LogP contribution in [0, 0.1) is 5.92 Å². The topological polar surface area (TPSA) is 6.48 Å². The van der Waals surface area contributed by atoms with Crippen LogP contribution in [0.2, 0.25) is 0 Å². The van der Waals surface area contributed by atoms with Crippen LogP contribution in [-0.4, -0.2) is 18.8 Å². The Kier molecular flexibility index (Phi) is 10.2. The normalized spacial score (nSPS) is 25.2. The molecule has 67 heavy (non-hydrogen) atoms. The van der Waals surface area contributed by atoms with Crippen LogP contribution < -0.4 is 25.5 Å². The van der Waals surface area contributed by atoms with Gasteiger partial charge in [-0.1, -0.05) is 157 Å². The summed E-state index contributed by atoms with van der Waals surface area (Å²) in [6, 6.07) is 28.9. The summed E-state index contributed by atoms with van der Waals surface area (Å²) in [7, 11) is 0. The summed E-state index contributed by atoms with van der Waals surface area (Å²) >= 11 is 2.05. The summed E-state index contributed by atoms with van der Waals surface area (Å²) in [5, 5.41) is 1.40. The molecule has 346 valence electrons. The molecule has 6 aliphatic rings. The van der Waals surface area contributed by atoms with E-state index in [9.17, 15) is 0 Å². The largest absolute Gasteiger partial charge is 0.358 e. The van der Waals surface area contributed by atoms with Gasteiger partial charge in [0.15, 0.2) is 0 Å². The van der Waals surface area contributed by atoms with Crippen LogP contribution in [0.15, 0.2) is 115 Å². The minimum Gasteiger partial charge on any atom is -0.358 e. The molecule has 5 aromatic rings. The molecule has 1 aliphatic heterocycles. The molecule has 3 unspecified atom stereocenters. The van der Waals surface area contributed by atoms with Gasteiger partial charge in [-0.05, 0) is 186 Å². The maximum Gasteiger partial charge on any atom is 0.259 e. The lowest BCUT2D eigenvalue weighted by Gasteiger charge is -2.46. The second-order valence-corrected chi connectivity index (χ2v) is 26.8. The fourth-order valence-electron chi connectivity index (χ4n) is 13.4. The standard InChI is InChI=1S/C63H75BN2S/c1-40-19-17-18-22-53(40)65(42-20-15-14-16-21-42)44-24-26-51-54(36-44)66(43-23-25-45-47(35-43)60(6,7)28-27-58(45,2)3)55-38-49-48(61(8,9)30-31-62(49,10)11)37-52(55)64(51)57-34-41-33-46-50(39-56(41)67-57)63(12,13)32-29-59(46,4)5/h14-20,22-26,33-40,42,53H,21,27-32H2,1-13H3. The van der Waals surface area contributed by atoms with Crippen molar-refractivity contribution in [2.45, 2.75) is 180 Å².